The highest BCUT2D eigenvalue weighted by molar-refractivity contribution is 6.02. The molecule has 4 amide bonds. The third kappa shape index (κ3) is 5.03. The average Bonchev–Trinajstić information content (AvgIpc) is 4.06. The molecule has 4 aromatic carbocycles. The van der Waals surface area contributed by atoms with Gasteiger partial charge in [-0.1, -0.05) is 48.5 Å². The number of hydrogen-bond acceptors (Lipinski definition) is 8. The van der Waals surface area contributed by atoms with Crippen LogP contribution in [0.25, 0.3) is 21.8 Å². The number of carbonyl (C=O) groups excluding carboxylic acids is 4. The van der Waals surface area contributed by atoms with E-state index in [-0.39, 0.29) is 62.4 Å². The zero-order chi connectivity index (χ0) is 39.4. The molecule has 0 bridgehead atoms. The Bertz CT molecular complexity index is 2740. The fourth-order valence-electron chi connectivity index (χ4n) is 9.68. The fraction of sp³-hybridized carbons (Fsp3) is 0.273. The normalized spacial score (nSPS) is 22.8. The molecule has 2 N–H and O–H groups in total. The lowest BCUT2D eigenvalue weighted by Crippen LogP contribution is -2.59. The summed E-state index contributed by atoms with van der Waals surface area (Å²) in [5, 5.41) is 2.12. The first-order valence-corrected chi connectivity index (χ1v) is 19.4. The van der Waals surface area contributed by atoms with Gasteiger partial charge in [-0.2, -0.15) is 0 Å². The highest BCUT2D eigenvalue weighted by Crippen LogP contribution is 2.51. The Kier molecular flexibility index (Phi) is 7.56. The largest absolute Gasteiger partial charge is 0.454 e. The van der Waals surface area contributed by atoms with Gasteiger partial charge in [0.1, 0.15) is 12.1 Å². The Hall–Kier alpha value is -6.96. The van der Waals surface area contributed by atoms with E-state index in [1.165, 1.54) is 15.4 Å². The van der Waals surface area contributed by atoms with Gasteiger partial charge in [0.05, 0.1) is 25.2 Å². The van der Waals surface area contributed by atoms with Crippen molar-refractivity contribution in [2.24, 2.45) is 0 Å². The summed E-state index contributed by atoms with van der Waals surface area (Å²) in [6, 6.07) is 25.7. The number of aromatic nitrogens is 2. The summed E-state index contributed by atoms with van der Waals surface area (Å²) in [5.41, 5.74) is 7.74. The molecule has 6 aliphatic heterocycles. The molecule has 0 radical (unpaired) electrons. The van der Waals surface area contributed by atoms with Crippen LogP contribution in [0.3, 0.4) is 0 Å². The minimum absolute atomic E-state index is 0.00481. The standard InChI is InChI=1S/C23H21N3O4.C21H17N3O4/c1-25-11-20(27)26-17(23(25)28)8-7-15-14-4-2-3-5-16(14)24-21(15)22(26)13-6-9-18-19(10-13)30-12-29-18;1-23-9-16(25)24-19(11-6-7-14-15(8-11)28-10-27-14)18-17(20(24)21(23)26)12-4-2-3-5-13(12)22-18/h2-6,9-10,17,22,24H,7-8,11-12H2,1H3;2-8,19-20,22H,9-10H2,1H3/t17-,22-;19-,20-/m11/s1. The maximum absolute atomic E-state index is 13.2. The molecule has 6 aliphatic rings. The molecule has 14 nitrogen and oxygen atoms in total. The van der Waals surface area contributed by atoms with Gasteiger partial charge < -0.3 is 48.5 Å². The van der Waals surface area contributed by atoms with Gasteiger partial charge in [0, 0.05) is 52.9 Å². The van der Waals surface area contributed by atoms with Crippen molar-refractivity contribution in [2.45, 2.75) is 37.0 Å². The van der Waals surface area contributed by atoms with Crippen LogP contribution in [0.15, 0.2) is 84.9 Å². The fourth-order valence-corrected chi connectivity index (χ4v) is 9.68. The molecular weight excluding hydrogens is 741 g/mol. The molecule has 2 saturated heterocycles. The molecule has 292 valence electrons. The molecule has 0 unspecified atom stereocenters. The molecular formula is C44H38N6O8. The number of fused-ring (bicyclic) bond motifs is 11. The number of carbonyl (C=O) groups is 4. The molecule has 58 heavy (non-hydrogen) atoms. The number of rotatable bonds is 2. The lowest BCUT2D eigenvalue weighted by molar-refractivity contribution is -0.156. The number of nitrogens with one attached hydrogen (secondary N) is 2. The second-order valence-corrected chi connectivity index (χ2v) is 15.5. The number of H-pyrrole nitrogens is 2. The Morgan fingerprint density at radius 2 is 1.10 bits per heavy atom. The number of likely N-dealkylation sites (N-methyl/N-ethyl adjacent to an activating group) is 2. The zero-order valence-corrected chi connectivity index (χ0v) is 31.7. The van der Waals surface area contributed by atoms with Gasteiger partial charge in [0.15, 0.2) is 23.0 Å². The summed E-state index contributed by atoms with van der Waals surface area (Å²) in [6.45, 7) is 0.551. The molecule has 14 heteroatoms. The summed E-state index contributed by atoms with van der Waals surface area (Å²) < 4.78 is 22.0. The Labute approximate surface area is 331 Å². The van der Waals surface area contributed by atoms with Crippen molar-refractivity contribution in [3.8, 4) is 23.0 Å². The highest BCUT2D eigenvalue weighted by atomic mass is 16.7. The van der Waals surface area contributed by atoms with Crippen LogP contribution in [0.1, 0.15) is 58.2 Å². The van der Waals surface area contributed by atoms with E-state index in [9.17, 15) is 19.2 Å². The van der Waals surface area contributed by atoms with E-state index in [4.69, 9.17) is 18.9 Å². The summed E-state index contributed by atoms with van der Waals surface area (Å²) in [5.74, 6) is 2.53. The predicted molar refractivity (Wildman–Crippen MR) is 209 cm³/mol. The molecule has 6 aromatic rings. The van der Waals surface area contributed by atoms with Crippen molar-refractivity contribution in [2.75, 3.05) is 40.8 Å². The number of benzene rings is 4. The number of nitrogens with zero attached hydrogens (tertiary/aromatic N) is 4. The lowest BCUT2D eigenvalue weighted by Gasteiger charge is -2.42. The van der Waals surface area contributed by atoms with E-state index >= 15 is 0 Å². The summed E-state index contributed by atoms with van der Waals surface area (Å²) in [6.07, 6.45) is 1.33. The van der Waals surface area contributed by atoms with Crippen molar-refractivity contribution in [3.05, 3.63) is 119 Å². The van der Waals surface area contributed by atoms with Crippen molar-refractivity contribution >= 4 is 45.4 Å². The van der Waals surface area contributed by atoms with Gasteiger partial charge in [-0.3, -0.25) is 19.2 Å². The molecule has 0 spiro atoms. The summed E-state index contributed by atoms with van der Waals surface area (Å²) >= 11 is 0. The van der Waals surface area contributed by atoms with Crippen molar-refractivity contribution in [1.29, 1.82) is 0 Å². The quantitative estimate of drug-likeness (QED) is 0.251. The van der Waals surface area contributed by atoms with Gasteiger partial charge >= 0.3 is 0 Å². The smallest absolute Gasteiger partial charge is 0.250 e. The van der Waals surface area contributed by atoms with Crippen LogP contribution in [0, 0.1) is 0 Å². The molecule has 2 aromatic heterocycles. The topological polar surface area (TPSA) is 150 Å². The van der Waals surface area contributed by atoms with E-state index in [2.05, 4.69) is 22.1 Å². The monoisotopic (exact) mass is 778 g/mol. The predicted octanol–water partition coefficient (Wildman–Crippen LogP) is 4.94. The average molecular weight is 779 g/mol. The van der Waals surface area contributed by atoms with Crippen LogP contribution >= 0.6 is 0 Å². The van der Waals surface area contributed by atoms with Gasteiger partial charge in [-0.15, -0.1) is 0 Å². The Balaban J connectivity index is 0.000000133. The van der Waals surface area contributed by atoms with E-state index in [1.54, 1.807) is 23.9 Å². The molecule has 4 atom stereocenters. The second kappa shape index (κ2) is 12.8. The first kappa shape index (κ1) is 34.3. The van der Waals surface area contributed by atoms with E-state index < -0.39 is 12.1 Å². The first-order valence-electron chi connectivity index (χ1n) is 19.4. The second-order valence-electron chi connectivity index (χ2n) is 15.5. The van der Waals surface area contributed by atoms with Crippen LogP contribution in [0.4, 0.5) is 0 Å². The maximum Gasteiger partial charge on any atom is 0.250 e. The van der Waals surface area contributed by atoms with Crippen molar-refractivity contribution in [3.63, 3.8) is 0 Å². The SMILES string of the molecule is CN1CC(=O)N2[C@H](c3ccc4c(c3)OCO4)c3[nH]c4ccccc4c3CC[C@@H]2C1=O.CN1CC(=O)N2[C@H](c3ccc4c(c3)OCO4)c3[nH]c4ccccc4c3[C@@H]2C1=O. The number of ether oxygens (including phenoxy) is 4. The van der Waals surface area contributed by atoms with E-state index in [1.807, 2.05) is 72.8 Å². The molecule has 0 aliphatic carbocycles. The van der Waals surface area contributed by atoms with Crippen molar-refractivity contribution < 1.29 is 38.1 Å². The van der Waals surface area contributed by atoms with Crippen molar-refractivity contribution in [1.82, 2.24) is 29.6 Å². The zero-order valence-electron chi connectivity index (χ0n) is 31.7. The maximum atomic E-state index is 13.2. The minimum Gasteiger partial charge on any atom is -0.454 e. The van der Waals surface area contributed by atoms with Gasteiger partial charge in [-0.05, 0) is 65.9 Å². The number of amides is 4. The molecule has 0 saturated carbocycles. The van der Waals surface area contributed by atoms with Crippen LogP contribution < -0.4 is 18.9 Å². The summed E-state index contributed by atoms with van der Waals surface area (Å²) in [7, 11) is 3.38. The highest BCUT2D eigenvalue weighted by Gasteiger charge is 2.52. The van der Waals surface area contributed by atoms with Crippen LogP contribution in [0.2, 0.25) is 0 Å². The number of hydrogen-bond donors (Lipinski definition) is 2. The molecule has 8 heterocycles. The Morgan fingerprint density at radius 3 is 1.78 bits per heavy atom. The third-order valence-corrected chi connectivity index (χ3v) is 12.3. The summed E-state index contributed by atoms with van der Waals surface area (Å²) in [4.78, 5) is 66.0. The molecule has 12 rings (SSSR count). The van der Waals surface area contributed by atoms with Gasteiger partial charge in [0.2, 0.25) is 37.2 Å². The Morgan fingerprint density at radius 1 is 0.569 bits per heavy atom. The van der Waals surface area contributed by atoms with Gasteiger partial charge in [0.25, 0.3) is 0 Å². The lowest BCUT2D eigenvalue weighted by atomic mass is 9.97. The van der Waals surface area contributed by atoms with Crippen LogP contribution in [-0.4, -0.2) is 100 Å². The first-order chi connectivity index (χ1) is 28.2. The third-order valence-electron chi connectivity index (χ3n) is 12.3. The number of piperazine rings is 2. The number of aryl methyl sites for hydroxylation is 1. The van der Waals surface area contributed by atoms with Gasteiger partial charge in [-0.25, -0.2) is 0 Å². The molecule has 2 fully saturated rings. The van der Waals surface area contributed by atoms with Crippen LogP contribution in [-0.2, 0) is 25.6 Å². The number of aromatic amines is 2. The minimum atomic E-state index is -0.618. The van der Waals surface area contributed by atoms with E-state index in [0.29, 0.717) is 29.4 Å². The number of para-hydroxylation sites is 2. The van der Waals surface area contributed by atoms with E-state index in [0.717, 1.165) is 56.3 Å². The van der Waals surface area contributed by atoms with Crippen LogP contribution in [0.5, 0.6) is 23.0 Å².